The van der Waals surface area contributed by atoms with Crippen LogP contribution in [0, 0.1) is 0 Å². The number of carbonyl (C=O) groups excluding carboxylic acids is 1. The molecule has 17 heavy (non-hydrogen) atoms. The van der Waals surface area contributed by atoms with E-state index < -0.39 is 5.60 Å². The molecule has 1 aliphatic heterocycles. The number of amides is 1. The number of rotatable bonds is 3. The Hall–Kier alpha value is -1.23. The van der Waals surface area contributed by atoms with E-state index in [1.807, 2.05) is 33.8 Å². The summed E-state index contributed by atoms with van der Waals surface area (Å²) in [6.07, 6.45) is 2.51. The van der Waals surface area contributed by atoms with Gasteiger partial charge in [-0.15, -0.1) is 5.48 Å². The van der Waals surface area contributed by atoms with Gasteiger partial charge in [0.15, 0.2) is 0 Å². The van der Waals surface area contributed by atoms with Gasteiger partial charge in [0.05, 0.1) is 6.04 Å². The first-order chi connectivity index (χ1) is 7.81. The lowest BCUT2D eigenvalue weighted by Gasteiger charge is -2.25. The molecule has 1 amide bonds. The second-order valence-electron chi connectivity index (χ2n) is 5.17. The van der Waals surface area contributed by atoms with Crippen LogP contribution < -0.4 is 5.48 Å². The molecule has 0 aromatic rings. The fourth-order valence-corrected chi connectivity index (χ4v) is 1.43. The van der Waals surface area contributed by atoms with Gasteiger partial charge in [-0.1, -0.05) is 6.92 Å². The minimum Gasteiger partial charge on any atom is -0.444 e. The summed E-state index contributed by atoms with van der Waals surface area (Å²) in [6.45, 7) is 8.10. The number of hydrogen-bond donors (Lipinski definition) is 1. The third kappa shape index (κ3) is 4.65. The number of hydrogen-bond acceptors (Lipinski definition) is 4. The van der Waals surface area contributed by atoms with Crippen molar-refractivity contribution in [1.82, 2.24) is 10.4 Å². The number of nitrogens with zero attached hydrogens (tertiary/aromatic N) is 1. The minimum absolute atomic E-state index is 0.0301. The Bertz CT molecular complexity index is 307. The predicted molar refractivity (Wildman–Crippen MR) is 65.2 cm³/mol. The Kier molecular flexibility index (Phi) is 4.40. The molecule has 1 atom stereocenters. The van der Waals surface area contributed by atoms with E-state index in [0.29, 0.717) is 6.54 Å². The largest absolute Gasteiger partial charge is 0.444 e. The highest BCUT2D eigenvalue weighted by Gasteiger charge is 2.23. The monoisotopic (exact) mass is 242 g/mol. The SMILES string of the molecule is CCC1=CC(CN(C)C(=O)OC(C)(C)C)NO1. The molecule has 1 heterocycles. The van der Waals surface area contributed by atoms with E-state index in [1.165, 1.54) is 0 Å². The summed E-state index contributed by atoms with van der Waals surface area (Å²) in [6, 6.07) is 0.0301. The third-order valence-electron chi connectivity index (χ3n) is 2.25. The van der Waals surface area contributed by atoms with E-state index in [9.17, 15) is 4.79 Å². The summed E-state index contributed by atoms with van der Waals surface area (Å²) >= 11 is 0. The van der Waals surface area contributed by atoms with Crippen molar-refractivity contribution in [3.63, 3.8) is 0 Å². The number of allylic oxidation sites excluding steroid dienone is 1. The van der Waals surface area contributed by atoms with Crippen molar-refractivity contribution in [2.24, 2.45) is 0 Å². The molecular formula is C12H22N2O3. The van der Waals surface area contributed by atoms with Gasteiger partial charge in [-0.25, -0.2) is 4.79 Å². The van der Waals surface area contributed by atoms with Gasteiger partial charge in [0, 0.05) is 20.0 Å². The number of likely N-dealkylation sites (N-methyl/N-ethyl adjacent to an activating group) is 1. The summed E-state index contributed by atoms with van der Waals surface area (Å²) in [7, 11) is 1.72. The highest BCUT2D eigenvalue weighted by Crippen LogP contribution is 2.13. The summed E-state index contributed by atoms with van der Waals surface area (Å²) in [5.74, 6) is 0.910. The summed E-state index contributed by atoms with van der Waals surface area (Å²) in [5, 5.41) is 0. The van der Waals surface area contributed by atoms with Crippen molar-refractivity contribution in [3.05, 3.63) is 11.8 Å². The Morgan fingerprint density at radius 2 is 2.24 bits per heavy atom. The van der Waals surface area contributed by atoms with Crippen LogP contribution in [0.15, 0.2) is 11.8 Å². The van der Waals surface area contributed by atoms with E-state index in [0.717, 1.165) is 12.2 Å². The molecule has 0 aromatic carbocycles. The standard InChI is InChI=1S/C12H22N2O3/c1-6-10-7-9(13-17-10)8-14(5)11(15)16-12(2,3)4/h7,9,13H,6,8H2,1-5H3. The lowest BCUT2D eigenvalue weighted by molar-refractivity contribution is 0.0260. The molecule has 0 spiro atoms. The highest BCUT2D eigenvalue weighted by atomic mass is 16.7. The Balaban J connectivity index is 2.42. The van der Waals surface area contributed by atoms with Crippen LogP contribution in [0.4, 0.5) is 4.79 Å². The maximum atomic E-state index is 11.7. The molecule has 1 rings (SSSR count). The average Bonchev–Trinajstić information content (AvgIpc) is 2.62. The molecule has 1 unspecified atom stereocenters. The molecule has 5 nitrogen and oxygen atoms in total. The van der Waals surface area contributed by atoms with E-state index in [4.69, 9.17) is 9.57 Å². The van der Waals surface area contributed by atoms with Crippen LogP contribution in [-0.2, 0) is 9.57 Å². The summed E-state index contributed by atoms with van der Waals surface area (Å²) in [5.41, 5.74) is 2.40. The van der Waals surface area contributed by atoms with E-state index in [2.05, 4.69) is 5.48 Å². The molecule has 5 heteroatoms. The van der Waals surface area contributed by atoms with Gasteiger partial charge in [0.25, 0.3) is 0 Å². The Labute approximate surface area is 103 Å². The van der Waals surface area contributed by atoms with Gasteiger partial charge in [0.2, 0.25) is 0 Å². The quantitative estimate of drug-likeness (QED) is 0.823. The molecule has 98 valence electrons. The lowest BCUT2D eigenvalue weighted by atomic mass is 10.2. The predicted octanol–water partition coefficient (Wildman–Crippen LogP) is 2.05. The van der Waals surface area contributed by atoms with Crippen LogP contribution in [0.1, 0.15) is 34.1 Å². The molecule has 0 radical (unpaired) electrons. The first-order valence-corrected chi connectivity index (χ1v) is 5.89. The van der Waals surface area contributed by atoms with Crippen molar-refractivity contribution in [2.75, 3.05) is 13.6 Å². The average molecular weight is 242 g/mol. The van der Waals surface area contributed by atoms with Gasteiger partial charge in [-0.3, -0.25) is 0 Å². The van der Waals surface area contributed by atoms with E-state index >= 15 is 0 Å². The van der Waals surface area contributed by atoms with Crippen LogP contribution >= 0.6 is 0 Å². The van der Waals surface area contributed by atoms with Crippen molar-refractivity contribution in [1.29, 1.82) is 0 Å². The van der Waals surface area contributed by atoms with Crippen molar-refractivity contribution in [3.8, 4) is 0 Å². The first kappa shape index (κ1) is 13.8. The zero-order valence-corrected chi connectivity index (χ0v) is 11.2. The van der Waals surface area contributed by atoms with Gasteiger partial charge in [0.1, 0.15) is 11.4 Å². The molecule has 0 fully saturated rings. The van der Waals surface area contributed by atoms with Crippen molar-refractivity contribution < 1.29 is 14.4 Å². The second kappa shape index (κ2) is 5.40. The molecule has 0 saturated heterocycles. The second-order valence-corrected chi connectivity index (χ2v) is 5.17. The molecule has 0 aromatic heterocycles. The number of nitrogens with one attached hydrogen (secondary N) is 1. The molecule has 1 N–H and O–H groups in total. The maximum absolute atomic E-state index is 11.7. The van der Waals surface area contributed by atoms with Crippen LogP contribution in [0.3, 0.4) is 0 Å². The Morgan fingerprint density at radius 3 is 2.71 bits per heavy atom. The van der Waals surface area contributed by atoms with Gasteiger partial charge in [-0.05, 0) is 26.8 Å². The molecule has 1 aliphatic rings. The zero-order chi connectivity index (χ0) is 13.1. The molecule has 0 aliphatic carbocycles. The van der Waals surface area contributed by atoms with Crippen LogP contribution in [0.2, 0.25) is 0 Å². The molecule has 0 saturated carbocycles. The Morgan fingerprint density at radius 1 is 1.59 bits per heavy atom. The first-order valence-electron chi connectivity index (χ1n) is 5.89. The van der Waals surface area contributed by atoms with Crippen molar-refractivity contribution in [2.45, 2.75) is 45.8 Å². The maximum Gasteiger partial charge on any atom is 0.410 e. The van der Waals surface area contributed by atoms with E-state index in [-0.39, 0.29) is 12.1 Å². The number of ether oxygens (including phenoxy) is 1. The van der Waals surface area contributed by atoms with Crippen LogP contribution in [0.5, 0.6) is 0 Å². The summed E-state index contributed by atoms with van der Waals surface area (Å²) in [4.78, 5) is 18.5. The normalized spacial score (nSPS) is 19.6. The fourth-order valence-electron chi connectivity index (χ4n) is 1.43. The molecular weight excluding hydrogens is 220 g/mol. The fraction of sp³-hybridized carbons (Fsp3) is 0.750. The lowest BCUT2D eigenvalue weighted by Crippen LogP contribution is -2.41. The smallest absolute Gasteiger partial charge is 0.410 e. The number of carbonyl (C=O) groups is 1. The van der Waals surface area contributed by atoms with Gasteiger partial charge >= 0.3 is 6.09 Å². The highest BCUT2D eigenvalue weighted by molar-refractivity contribution is 5.67. The van der Waals surface area contributed by atoms with E-state index in [1.54, 1.807) is 11.9 Å². The van der Waals surface area contributed by atoms with Crippen LogP contribution in [-0.4, -0.2) is 36.2 Å². The van der Waals surface area contributed by atoms with Gasteiger partial charge in [-0.2, -0.15) is 0 Å². The van der Waals surface area contributed by atoms with Crippen LogP contribution in [0.25, 0.3) is 0 Å². The number of hydroxylamine groups is 1. The van der Waals surface area contributed by atoms with Crippen molar-refractivity contribution >= 4 is 6.09 Å². The third-order valence-corrected chi connectivity index (χ3v) is 2.25. The minimum atomic E-state index is -0.463. The zero-order valence-electron chi connectivity index (χ0n) is 11.2. The molecule has 0 bridgehead atoms. The van der Waals surface area contributed by atoms with Gasteiger partial charge < -0.3 is 14.5 Å². The topological polar surface area (TPSA) is 50.8 Å². The summed E-state index contributed by atoms with van der Waals surface area (Å²) < 4.78 is 5.26.